The zero-order valence-electron chi connectivity index (χ0n) is 12.7. The maximum Gasteiger partial charge on any atom is 0.244 e. The molecule has 1 heterocycles. The molecule has 0 amide bonds. The number of rotatable bonds is 8. The number of nitrogens with zero attached hydrogens (tertiary/aromatic N) is 2. The van der Waals surface area contributed by atoms with E-state index in [1.165, 1.54) is 4.31 Å². The molecule has 0 saturated heterocycles. The van der Waals surface area contributed by atoms with Crippen LogP contribution in [0.15, 0.2) is 17.2 Å². The van der Waals surface area contributed by atoms with Crippen LogP contribution in [0.4, 0.5) is 0 Å². The molecule has 1 aromatic heterocycles. The van der Waals surface area contributed by atoms with Crippen molar-refractivity contribution in [2.24, 2.45) is 5.73 Å². The minimum absolute atomic E-state index is 0.0936. The third-order valence-corrected chi connectivity index (χ3v) is 4.90. The Bertz CT molecular complexity index is 501. The van der Waals surface area contributed by atoms with E-state index in [9.17, 15) is 8.42 Å². The van der Waals surface area contributed by atoms with Gasteiger partial charge in [0.25, 0.3) is 0 Å². The monoisotopic (exact) mass is 303 g/mol. The molecule has 0 spiro atoms. The largest absolute Gasteiger partial charge is 0.377 e. The van der Waals surface area contributed by atoms with Crippen molar-refractivity contribution >= 4 is 10.0 Å². The van der Waals surface area contributed by atoms with E-state index < -0.39 is 10.0 Å². The van der Waals surface area contributed by atoms with Crippen LogP contribution in [-0.2, 0) is 27.8 Å². The molecular weight excluding hydrogens is 278 g/mol. The van der Waals surface area contributed by atoms with E-state index in [1.54, 1.807) is 19.3 Å². The molecule has 0 unspecified atom stereocenters. The number of aromatic nitrogens is 1. The van der Waals surface area contributed by atoms with E-state index in [0.29, 0.717) is 26.2 Å². The van der Waals surface area contributed by atoms with Gasteiger partial charge in [0, 0.05) is 38.6 Å². The van der Waals surface area contributed by atoms with E-state index in [0.717, 1.165) is 5.69 Å². The Morgan fingerprint density at radius 1 is 1.45 bits per heavy atom. The first-order chi connectivity index (χ1) is 9.32. The second-order valence-corrected chi connectivity index (χ2v) is 6.95. The van der Waals surface area contributed by atoms with Crippen LogP contribution < -0.4 is 5.73 Å². The number of likely N-dealkylation sites (N-methyl/N-ethyl adjacent to an activating group) is 1. The highest BCUT2D eigenvalue weighted by atomic mass is 32.2. The van der Waals surface area contributed by atoms with Gasteiger partial charge in [-0.05, 0) is 26.8 Å². The van der Waals surface area contributed by atoms with Gasteiger partial charge < -0.3 is 15.0 Å². The van der Waals surface area contributed by atoms with Gasteiger partial charge in [-0.15, -0.1) is 0 Å². The van der Waals surface area contributed by atoms with Crippen LogP contribution in [0.2, 0.25) is 0 Å². The molecule has 0 radical (unpaired) electrons. The van der Waals surface area contributed by atoms with Crippen molar-refractivity contribution in [3.63, 3.8) is 0 Å². The van der Waals surface area contributed by atoms with Crippen molar-refractivity contribution in [2.75, 3.05) is 20.2 Å². The van der Waals surface area contributed by atoms with Crippen LogP contribution in [0.1, 0.15) is 26.5 Å². The molecule has 1 aromatic rings. The summed E-state index contributed by atoms with van der Waals surface area (Å²) in [5.74, 6) is 0. The number of aryl methyl sites for hydroxylation is 1. The molecule has 6 nitrogen and oxygen atoms in total. The number of ether oxygens (including phenoxy) is 1. The van der Waals surface area contributed by atoms with Crippen LogP contribution in [-0.4, -0.2) is 43.6 Å². The third-order valence-electron chi connectivity index (χ3n) is 3.08. The van der Waals surface area contributed by atoms with E-state index in [2.05, 4.69) is 0 Å². The molecule has 0 atom stereocenters. The van der Waals surface area contributed by atoms with Crippen LogP contribution in [0, 0.1) is 0 Å². The summed E-state index contributed by atoms with van der Waals surface area (Å²) in [4.78, 5) is 0.284. The standard InChI is InChI=1S/C13H25N3O3S/c1-5-16-10-13(8-12(16)9-14)20(17,18)15(4)6-7-19-11(2)3/h8,10-11H,5-7,9,14H2,1-4H3. The predicted octanol–water partition coefficient (Wildman–Crippen LogP) is 1.01. The van der Waals surface area contributed by atoms with Gasteiger partial charge >= 0.3 is 0 Å². The lowest BCUT2D eigenvalue weighted by molar-refractivity contribution is 0.0737. The van der Waals surface area contributed by atoms with Gasteiger partial charge in [-0.25, -0.2) is 8.42 Å². The number of hydrogen-bond donors (Lipinski definition) is 1. The number of hydrogen-bond acceptors (Lipinski definition) is 4. The van der Waals surface area contributed by atoms with Crippen LogP contribution in [0.25, 0.3) is 0 Å². The van der Waals surface area contributed by atoms with Crippen molar-refractivity contribution in [3.05, 3.63) is 18.0 Å². The maximum absolute atomic E-state index is 12.4. The summed E-state index contributed by atoms with van der Waals surface area (Å²) >= 11 is 0. The van der Waals surface area contributed by atoms with Gasteiger partial charge in [0.15, 0.2) is 0 Å². The molecule has 2 N–H and O–H groups in total. The Morgan fingerprint density at radius 2 is 2.10 bits per heavy atom. The van der Waals surface area contributed by atoms with Gasteiger partial charge in [-0.1, -0.05) is 0 Å². The molecule has 0 aliphatic carbocycles. The summed E-state index contributed by atoms with van der Waals surface area (Å²) in [6, 6.07) is 1.64. The molecule has 116 valence electrons. The highest BCUT2D eigenvalue weighted by molar-refractivity contribution is 7.89. The maximum atomic E-state index is 12.4. The molecule has 0 saturated carbocycles. The van der Waals surface area contributed by atoms with Crippen LogP contribution in [0.3, 0.4) is 0 Å². The van der Waals surface area contributed by atoms with Gasteiger partial charge in [0.1, 0.15) is 4.90 Å². The third kappa shape index (κ3) is 4.05. The first kappa shape index (κ1) is 17.2. The minimum atomic E-state index is -3.48. The van der Waals surface area contributed by atoms with Crippen molar-refractivity contribution < 1.29 is 13.2 Å². The predicted molar refractivity (Wildman–Crippen MR) is 78.9 cm³/mol. The Morgan fingerprint density at radius 3 is 2.55 bits per heavy atom. The highest BCUT2D eigenvalue weighted by Gasteiger charge is 2.23. The smallest absolute Gasteiger partial charge is 0.244 e. The number of sulfonamides is 1. The lowest BCUT2D eigenvalue weighted by Crippen LogP contribution is -2.30. The Labute approximate surface area is 121 Å². The van der Waals surface area contributed by atoms with Gasteiger partial charge in [0.2, 0.25) is 10.0 Å². The average molecular weight is 303 g/mol. The Balaban J connectivity index is 2.84. The molecule has 0 aliphatic heterocycles. The molecule has 0 bridgehead atoms. The van der Waals surface area contributed by atoms with E-state index >= 15 is 0 Å². The van der Waals surface area contributed by atoms with E-state index in [1.807, 2.05) is 25.3 Å². The van der Waals surface area contributed by atoms with E-state index in [-0.39, 0.29) is 11.0 Å². The SMILES string of the molecule is CCn1cc(S(=O)(=O)N(C)CCOC(C)C)cc1CN. The molecule has 1 rings (SSSR count). The molecule has 20 heavy (non-hydrogen) atoms. The van der Waals surface area contributed by atoms with Crippen molar-refractivity contribution in [1.29, 1.82) is 0 Å². The quantitative estimate of drug-likeness (QED) is 0.777. The second kappa shape index (κ2) is 7.21. The summed E-state index contributed by atoms with van der Waals surface area (Å²) in [6.45, 7) is 7.52. The van der Waals surface area contributed by atoms with Crippen molar-refractivity contribution in [1.82, 2.24) is 8.87 Å². The fraction of sp³-hybridized carbons (Fsp3) is 0.692. The Kier molecular flexibility index (Phi) is 6.19. The molecule has 0 aromatic carbocycles. The normalized spacial score (nSPS) is 12.6. The Hall–Kier alpha value is -0.890. The van der Waals surface area contributed by atoms with Gasteiger partial charge in [0.05, 0.1) is 12.7 Å². The van der Waals surface area contributed by atoms with Gasteiger partial charge in [-0.2, -0.15) is 4.31 Å². The molecular formula is C13H25N3O3S. The summed E-state index contributed by atoms with van der Waals surface area (Å²) in [6.07, 6.45) is 1.73. The summed E-state index contributed by atoms with van der Waals surface area (Å²) in [5, 5.41) is 0. The first-order valence-corrected chi connectivity index (χ1v) is 8.24. The molecule has 7 heteroatoms. The first-order valence-electron chi connectivity index (χ1n) is 6.80. The zero-order valence-corrected chi connectivity index (χ0v) is 13.5. The highest BCUT2D eigenvalue weighted by Crippen LogP contribution is 2.18. The molecule has 0 aliphatic rings. The summed E-state index contributed by atoms with van der Waals surface area (Å²) in [7, 11) is -1.92. The second-order valence-electron chi connectivity index (χ2n) is 4.90. The van der Waals surface area contributed by atoms with Crippen molar-refractivity contribution in [3.8, 4) is 0 Å². The fourth-order valence-electron chi connectivity index (χ4n) is 1.85. The lowest BCUT2D eigenvalue weighted by atomic mass is 10.4. The van der Waals surface area contributed by atoms with Crippen molar-refractivity contribution in [2.45, 2.75) is 44.9 Å². The minimum Gasteiger partial charge on any atom is -0.377 e. The topological polar surface area (TPSA) is 77.6 Å². The summed E-state index contributed by atoms with van der Waals surface area (Å²) in [5.41, 5.74) is 6.44. The van der Waals surface area contributed by atoms with E-state index in [4.69, 9.17) is 10.5 Å². The van der Waals surface area contributed by atoms with Gasteiger partial charge in [-0.3, -0.25) is 0 Å². The number of nitrogens with two attached hydrogens (primary N) is 1. The van der Waals surface area contributed by atoms with Crippen LogP contribution >= 0.6 is 0 Å². The molecule has 0 fully saturated rings. The zero-order chi connectivity index (χ0) is 15.3. The average Bonchev–Trinajstić information content (AvgIpc) is 2.81. The fourth-order valence-corrected chi connectivity index (χ4v) is 3.07. The summed E-state index contributed by atoms with van der Waals surface area (Å²) < 4.78 is 33.4. The lowest BCUT2D eigenvalue weighted by Gasteiger charge is -2.17. The van der Waals surface area contributed by atoms with Crippen LogP contribution in [0.5, 0.6) is 0 Å².